The van der Waals surface area contributed by atoms with Gasteiger partial charge in [0, 0.05) is 27.9 Å². The SMILES string of the molecule is CC1(C)c2cc(N(c3ccccc3)c3ccccc3)ccc2-c2c1ccc1c2C(C)(C)C(C)(C)c2ccccc2-1. The number of para-hydroxylation sites is 2. The van der Waals surface area contributed by atoms with Crippen LogP contribution in [0, 0.1) is 0 Å². The zero-order valence-corrected chi connectivity index (χ0v) is 24.4. The Morgan fingerprint density at radius 1 is 0.425 bits per heavy atom. The van der Waals surface area contributed by atoms with E-state index in [1.54, 1.807) is 0 Å². The Morgan fingerprint density at radius 3 is 1.65 bits per heavy atom. The Kier molecular flexibility index (Phi) is 5.26. The fourth-order valence-electron chi connectivity index (χ4n) is 7.34. The van der Waals surface area contributed by atoms with Crippen molar-refractivity contribution < 1.29 is 0 Å². The zero-order chi connectivity index (χ0) is 27.9. The summed E-state index contributed by atoms with van der Waals surface area (Å²) in [6.45, 7) is 14.6. The molecular weight excluding hydrogens is 482 g/mol. The fraction of sp³-hybridized carbons (Fsp3) is 0.231. The highest BCUT2D eigenvalue weighted by Gasteiger charge is 2.49. The summed E-state index contributed by atoms with van der Waals surface area (Å²) in [4.78, 5) is 2.37. The molecule has 40 heavy (non-hydrogen) atoms. The molecule has 0 fully saturated rings. The predicted molar refractivity (Wildman–Crippen MR) is 170 cm³/mol. The molecule has 0 spiro atoms. The molecule has 0 unspecified atom stereocenters. The maximum Gasteiger partial charge on any atom is 0.0465 e. The predicted octanol–water partition coefficient (Wildman–Crippen LogP) is 10.7. The van der Waals surface area contributed by atoms with E-state index in [4.69, 9.17) is 0 Å². The van der Waals surface area contributed by atoms with E-state index in [9.17, 15) is 0 Å². The third kappa shape index (κ3) is 3.27. The molecule has 1 heteroatoms. The zero-order valence-electron chi connectivity index (χ0n) is 24.4. The molecule has 198 valence electrons. The molecule has 0 bridgehead atoms. The van der Waals surface area contributed by atoms with Crippen molar-refractivity contribution in [3.8, 4) is 22.3 Å². The lowest BCUT2D eigenvalue weighted by molar-refractivity contribution is 0.299. The third-order valence-electron chi connectivity index (χ3n) is 10.2. The topological polar surface area (TPSA) is 3.24 Å². The van der Waals surface area contributed by atoms with E-state index in [0.717, 1.165) is 0 Å². The van der Waals surface area contributed by atoms with Crippen LogP contribution in [0.2, 0.25) is 0 Å². The van der Waals surface area contributed by atoms with Gasteiger partial charge in [-0.05, 0) is 86.3 Å². The molecule has 2 aliphatic carbocycles. The van der Waals surface area contributed by atoms with E-state index in [1.807, 2.05) is 0 Å². The third-order valence-corrected chi connectivity index (χ3v) is 10.2. The Balaban J connectivity index is 1.48. The first-order valence-electron chi connectivity index (χ1n) is 14.5. The van der Waals surface area contributed by atoms with Crippen LogP contribution in [-0.4, -0.2) is 0 Å². The molecule has 0 saturated heterocycles. The average molecular weight is 520 g/mol. The molecule has 0 heterocycles. The number of hydrogen-bond donors (Lipinski definition) is 0. The van der Waals surface area contributed by atoms with Crippen LogP contribution in [-0.2, 0) is 16.2 Å². The van der Waals surface area contributed by atoms with Crippen molar-refractivity contribution in [3.63, 3.8) is 0 Å². The van der Waals surface area contributed by atoms with Crippen molar-refractivity contribution >= 4 is 17.1 Å². The van der Waals surface area contributed by atoms with Crippen molar-refractivity contribution in [1.82, 2.24) is 0 Å². The van der Waals surface area contributed by atoms with E-state index in [1.165, 1.54) is 61.6 Å². The number of rotatable bonds is 3. The van der Waals surface area contributed by atoms with E-state index in [0.29, 0.717) is 0 Å². The quantitative estimate of drug-likeness (QED) is 0.229. The maximum atomic E-state index is 2.45. The Labute approximate surface area is 239 Å². The summed E-state index contributed by atoms with van der Waals surface area (Å²) in [5, 5.41) is 0. The van der Waals surface area contributed by atoms with Crippen LogP contribution in [0.15, 0.2) is 115 Å². The van der Waals surface area contributed by atoms with Gasteiger partial charge in [0.15, 0.2) is 0 Å². The van der Waals surface area contributed by atoms with Gasteiger partial charge in [-0.2, -0.15) is 0 Å². The van der Waals surface area contributed by atoms with Gasteiger partial charge in [0.05, 0.1) is 0 Å². The number of benzene rings is 5. The van der Waals surface area contributed by atoms with Crippen molar-refractivity contribution in [1.29, 1.82) is 0 Å². The van der Waals surface area contributed by atoms with Gasteiger partial charge in [0.25, 0.3) is 0 Å². The standard InChI is InChI=1S/C39H37N/c1-37(2)33-24-23-30-29-19-13-14-20-32(29)38(3,4)39(5,6)36(30)35(33)31-22-21-28(25-34(31)37)40(26-15-9-7-10-16-26)27-17-11-8-12-18-27/h7-25H,1-6H3. The van der Waals surface area contributed by atoms with Gasteiger partial charge in [-0.25, -0.2) is 0 Å². The summed E-state index contributed by atoms with van der Waals surface area (Å²) in [5.41, 5.74) is 14.7. The van der Waals surface area contributed by atoms with Crippen molar-refractivity contribution in [2.45, 2.75) is 57.8 Å². The number of anilines is 3. The molecule has 0 radical (unpaired) electrons. The summed E-state index contributed by atoms with van der Waals surface area (Å²) in [7, 11) is 0. The first-order valence-corrected chi connectivity index (χ1v) is 14.5. The highest BCUT2D eigenvalue weighted by atomic mass is 15.1. The summed E-state index contributed by atoms with van der Waals surface area (Å²) >= 11 is 0. The minimum Gasteiger partial charge on any atom is -0.310 e. The van der Waals surface area contributed by atoms with Gasteiger partial charge in [-0.3, -0.25) is 0 Å². The molecule has 0 aromatic heterocycles. The first-order chi connectivity index (χ1) is 19.1. The van der Waals surface area contributed by atoms with E-state index in [-0.39, 0.29) is 16.2 Å². The summed E-state index contributed by atoms with van der Waals surface area (Å²) in [6, 6.07) is 42.4. The van der Waals surface area contributed by atoms with Crippen LogP contribution in [0.3, 0.4) is 0 Å². The monoisotopic (exact) mass is 519 g/mol. The molecule has 0 atom stereocenters. The molecule has 5 aromatic carbocycles. The van der Waals surface area contributed by atoms with Gasteiger partial charge < -0.3 is 4.90 Å². The number of fused-ring (bicyclic) bond motifs is 7. The minimum absolute atomic E-state index is 0.00400. The van der Waals surface area contributed by atoms with Gasteiger partial charge in [0.2, 0.25) is 0 Å². The maximum absolute atomic E-state index is 2.45. The summed E-state index contributed by atoms with van der Waals surface area (Å²) < 4.78 is 0. The molecule has 0 saturated carbocycles. The average Bonchev–Trinajstić information content (AvgIpc) is 3.19. The molecule has 0 N–H and O–H groups in total. The lowest BCUT2D eigenvalue weighted by Gasteiger charge is -2.49. The van der Waals surface area contributed by atoms with Crippen molar-refractivity contribution in [3.05, 3.63) is 138 Å². The Bertz CT molecular complexity index is 1720. The van der Waals surface area contributed by atoms with Crippen LogP contribution < -0.4 is 4.90 Å². The minimum atomic E-state index is -0.105. The molecule has 7 rings (SSSR count). The van der Waals surface area contributed by atoms with Crippen LogP contribution in [0.5, 0.6) is 0 Å². The van der Waals surface area contributed by atoms with Crippen molar-refractivity contribution in [2.75, 3.05) is 4.90 Å². The second-order valence-electron chi connectivity index (χ2n) is 13.1. The summed E-state index contributed by atoms with van der Waals surface area (Å²) in [5.74, 6) is 0. The molecule has 0 aliphatic heterocycles. The second kappa shape index (κ2) is 8.45. The highest BCUT2D eigenvalue weighted by Crippen LogP contribution is 2.61. The van der Waals surface area contributed by atoms with Gasteiger partial charge in [-0.15, -0.1) is 0 Å². The second-order valence-corrected chi connectivity index (χ2v) is 13.1. The molecular formula is C39H37N. The van der Waals surface area contributed by atoms with Gasteiger partial charge in [-0.1, -0.05) is 120 Å². The highest BCUT2D eigenvalue weighted by molar-refractivity contribution is 5.93. The Hall–Kier alpha value is -4.10. The summed E-state index contributed by atoms with van der Waals surface area (Å²) in [6.07, 6.45) is 0. The van der Waals surface area contributed by atoms with Gasteiger partial charge in [0.1, 0.15) is 0 Å². The van der Waals surface area contributed by atoms with Crippen LogP contribution in [0.4, 0.5) is 17.1 Å². The van der Waals surface area contributed by atoms with E-state index in [2.05, 4.69) is 162 Å². The largest absolute Gasteiger partial charge is 0.310 e. The smallest absolute Gasteiger partial charge is 0.0465 e. The normalized spacial score (nSPS) is 16.9. The molecule has 2 aliphatic rings. The molecule has 1 nitrogen and oxygen atoms in total. The fourth-order valence-corrected chi connectivity index (χ4v) is 7.34. The number of nitrogens with zero attached hydrogens (tertiary/aromatic N) is 1. The molecule has 0 amide bonds. The van der Waals surface area contributed by atoms with Crippen molar-refractivity contribution in [2.24, 2.45) is 0 Å². The first kappa shape index (κ1) is 24.9. The Morgan fingerprint density at radius 2 is 1.00 bits per heavy atom. The van der Waals surface area contributed by atoms with E-state index < -0.39 is 0 Å². The lowest BCUT2D eigenvalue weighted by atomic mass is 9.54. The van der Waals surface area contributed by atoms with E-state index >= 15 is 0 Å². The van der Waals surface area contributed by atoms with Crippen LogP contribution in [0.25, 0.3) is 22.3 Å². The lowest BCUT2D eigenvalue weighted by Crippen LogP contribution is -2.44. The van der Waals surface area contributed by atoms with Crippen LogP contribution >= 0.6 is 0 Å². The van der Waals surface area contributed by atoms with Crippen LogP contribution in [0.1, 0.15) is 63.8 Å². The van der Waals surface area contributed by atoms with Gasteiger partial charge >= 0.3 is 0 Å². The number of hydrogen-bond acceptors (Lipinski definition) is 1. The molecule has 5 aromatic rings.